The Morgan fingerprint density at radius 1 is 1.21 bits per heavy atom. The van der Waals surface area contributed by atoms with Crippen molar-refractivity contribution in [2.75, 3.05) is 0 Å². The first-order valence-electron chi connectivity index (χ1n) is 7.10. The van der Waals surface area contributed by atoms with Crippen LogP contribution in [0.2, 0.25) is 0 Å². The molecule has 0 amide bonds. The minimum Gasteiger partial charge on any atom is -0.349 e. The van der Waals surface area contributed by atoms with Crippen LogP contribution >= 0.6 is 15.9 Å². The molecule has 24 heavy (non-hydrogen) atoms. The molecule has 0 atom stereocenters. The second-order valence-electron chi connectivity index (χ2n) is 5.23. The van der Waals surface area contributed by atoms with Gasteiger partial charge in [0.15, 0.2) is 0 Å². The summed E-state index contributed by atoms with van der Waals surface area (Å²) >= 11 is 3.42. The van der Waals surface area contributed by atoms with Crippen molar-refractivity contribution in [2.45, 2.75) is 0 Å². The largest absolute Gasteiger partial charge is 0.349 e. The summed E-state index contributed by atoms with van der Waals surface area (Å²) in [5, 5.41) is 4.98. The van der Waals surface area contributed by atoms with E-state index in [1.54, 1.807) is 12.1 Å². The van der Waals surface area contributed by atoms with E-state index in [2.05, 4.69) is 31.0 Å². The second kappa shape index (κ2) is 5.68. The summed E-state index contributed by atoms with van der Waals surface area (Å²) in [6, 6.07) is 11.5. The first-order chi connectivity index (χ1) is 11.6. The third kappa shape index (κ3) is 2.52. The number of nitrogens with one attached hydrogen (secondary N) is 1. The molecule has 2 aromatic carbocycles. The smallest absolute Gasteiger partial charge is 0.298 e. The van der Waals surface area contributed by atoms with E-state index in [4.69, 9.17) is 0 Å². The second-order valence-corrected chi connectivity index (χ2v) is 6.14. The van der Waals surface area contributed by atoms with Crippen molar-refractivity contribution in [3.63, 3.8) is 0 Å². The van der Waals surface area contributed by atoms with E-state index in [0.717, 1.165) is 20.1 Å². The van der Waals surface area contributed by atoms with Gasteiger partial charge in [0, 0.05) is 15.4 Å². The highest BCUT2D eigenvalue weighted by Gasteiger charge is 2.10. The van der Waals surface area contributed by atoms with Gasteiger partial charge < -0.3 is 4.98 Å². The van der Waals surface area contributed by atoms with Gasteiger partial charge in [-0.3, -0.25) is 4.79 Å². The van der Waals surface area contributed by atoms with Crippen LogP contribution in [0.25, 0.3) is 21.9 Å². The van der Waals surface area contributed by atoms with Crippen molar-refractivity contribution in [3.8, 4) is 0 Å². The van der Waals surface area contributed by atoms with E-state index in [0.29, 0.717) is 16.6 Å². The van der Waals surface area contributed by atoms with Crippen molar-refractivity contribution in [3.05, 3.63) is 75.0 Å². The van der Waals surface area contributed by atoms with Gasteiger partial charge in [0.25, 0.3) is 5.56 Å². The predicted octanol–water partition coefficient (Wildman–Crippen LogP) is 3.66. The van der Waals surface area contributed by atoms with Gasteiger partial charge >= 0.3 is 0 Å². The number of nitrogens with zero attached hydrogens (tertiary/aromatic N) is 3. The van der Waals surface area contributed by atoms with Gasteiger partial charge in [-0.15, -0.1) is 0 Å². The maximum absolute atomic E-state index is 12.9. The standard InChI is InChI=1S/C17H10BrFN4O/c18-11-3-6-14-13(7-11)15-16(22-14)17(24)23(9-20-15)21-8-10-1-4-12(19)5-2-10/h1-9,22H. The Hall–Kier alpha value is -2.80. The van der Waals surface area contributed by atoms with Gasteiger partial charge in [0.1, 0.15) is 23.2 Å². The summed E-state index contributed by atoms with van der Waals surface area (Å²) in [5.41, 5.74) is 2.21. The quantitative estimate of drug-likeness (QED) is 0.536. The fourth-order valence-electron chi connectivity index (χ4n) is 2.48. The number of H-pyrrole nitrogens is 1. The van der Waals surface area contributed by atoms with Crippen LogP contribution < -0.4 is 5.56 Å². The molecule has 0 aliphatic rings. The predicted molar refractivity (Wildman–Crippen MR) is 95.0 cm³/mol. The van der Waals surface area contributed by atoms with E-state index < -0.39 is 0 Å². The molecule has 7 heteroatoms. The fourth-order valence-corrected chi connectivity index (χ4v) is 2.84. The maximum Gasteiger partial charge on any atom is 0.298 e. The van der Waals surface area contributed by atoms with E-state index in [9.17, 15) is 9.18 Å². The van der Waals surface area contributed by atoms with E-state index in [1.165, 1.54) is 24.7 Å². The van der Waals surface area contributed by atoms with Crippen molar-refractivity contribution in [1.82, 2.24) is 14.6 Å². The highest BCUT2D eigenvalue weighted by molar-refractivity contribution is 9.10. The monoisotopic (exact) mass is 384 g/mol. The van der Waals surface area contributed by atoms with E-state index in [1.807, 2.05) is 18.2 Å². The van der Waals surface area contributed by atoms with Gasteiger partial charge in [-0.2, -0.15) is 9.78 Å². The average Bonchev–Trinajstić information content (AvgIpc) is 2.95. The molecule has 4 aromatic rings. The van der Waals surface area contributed by atoms with Crippen molar-refractivity contribution in [1.29, 1.82) is 0 Å². The van der Waals surface area contributed by atoms with Crippen LogP contribution in [0.15, 0.2) is 63.2 Å². The molecular formula is C17H10BrFN4O. The van der Waals surface area contributed by atoms with Gasteiger partial charge in [-0.25, -0.2) is 9.37 Å². The first-order valence-corrected chi connectivity index (χ1v) is 7.89. The topological polar surface area (TPSA) is 63.0 Å². The van der Waals surface area contributed by atoms with Crippen LogP contribution in [-0.2, 0) is 0 Å². The SMILES string of the molecule is O=c1c2[nH]c3ccc(Br)cc3c2ncn1N=Cc1ccc(F)cc1. The number of rotatable bonds is 2. The number of aromatic amines is 1. The number of hydrogen-bond donors (Lipinski definition) is 1. The Balaban J connectivity index is 1.82. The average molecular weight is 385 g/mol. The molecule has 0 saturated heterocycles. The van der Waals surface area contributed by atoms with E-state index in [-0.39, 0.29) is 11.4 Å². The zero-order chi connectivity index (χ0) is 16.7. The van der Waals surface area contributed by atoms with Gasteiger partial charge in [-0.1, -0.05) is 28.1 Å². The zero-order valence-electron chi connectivity index (χ0n) is 12.2. The lowest BCUT2D eigenvalue weighted by atomic mass is 10.2. The van der Waals surface area contributed by atoms with Crippen LogP contribution in [0.1, 0.15) is 5.56 Å². The normalized spacial score (nSPS) is 11.8. The summed E-state index contributed by atoms with van der Waals surface area (Å²) in [6.07, 6.45) is 2.85. The Morgan fingerprint density at radius 2 is 2.00 bits per heavy atom. The molecule has 0 unspecified atom stereocenters. The van der Waals surface area contributed by atoms with E-state index >= 15 is 0 Å². The van der Waals surface area contributed by atoms with Gasteiger partial charge in [0.2, 0.25) is 0 Å². The lowest BCUT2D eigenvalue weighted by Crippen LogP contribution is -2.17. The molecule has 118 valence electrons. The maximum atomic E-state index is 12.9. The number of fused-ring (bicyclic) bond motifs is 3. The summed E-state index contributed by atoms with van der Waals surface area (Å²) in [7, 11) is 0. The molecule has 0 spiro atoms. The third-order valence-corrected chi connectivity index (χ3v) is 4.15. The Labute approximate surface area is 143 Å². The van der Waals surface area contributed by atoms with Crippen molar-refractivity contribution < 1.29 is 4.39 Å². The molecule has 0 saturated carbocycles. The number of benzene rings is 2. The molecule has 4 rings (SSSR count). The summed E-state index contributed by atoms with van der Waals surface area (Å²) in [4.78, 5) is 20.0. The summed E-state index contributed by atoms with van der Waals surface area (Å²) < 4.78 is 15.0. The summed E-state index contributed by atoms with van der Waals surface area (Å²) in [5.74, 6) is -0.323. The molecule has 0 bridgehead atoms. The zero-order valence-corrected chi connectivity index (χ0v) is 13.8. The molecular weight excluding hydrogens is 375 g/mol. The molecule has 2 aromatic heterocycles. The minimum atomic E-state index is -0.323. The van der Waals surface area contributed by atoms with Crippen molar-refractivity contribution >= 4 is 44.1 Å². The number of hydrogen-bond acceptors (Lipinski definition) is 3. The molecule has 1 N–H and O–H groups in total. The Bertz CT molecular complexity index is 1150. The van der Waals surface area contributed by atoms with Gasteiger partial charge in [0.05, 0.1) is 6.21 Å². The molecule has 0 fully saturated rings. The van der Waals surface area contributed by atoms with Crippen LogP contribution in [0, 0.1) is 5.82 Å². The Kier molecular flexibility index (Phi) is 3.50. The van der Waals surface area contributed by atoms with Crippen LogP contribution in [0.5, 0.6) is 0 Å². The number of aromatic nitrogens is 3. The molecule has 0 aliphatic carbocycles. The minimum absolute atomic E-state index is 0.300. The number of halogens is 2. The molecule has 2 heterocycles. The summed E-state index contributed by atoms with van der Waals surface area (Å²) in [6.45, 7) is 0. The fraction of sp³-hybridized carbons (Fsp3) is 0. The van der Waals surface area contributed by atoms with Crippen LogP contribution in [0.3, 0.4) is 0 Å². The molecule has 0 aliphatic heterocycles. The highest BCUT2D eigenvalue weighted by Crippen LogP contribution is 2.24. The lowest BCUT2D eigenvalue weighted by molar-refractivity contribution is 0.628. The third-order valence-electron chi connectivity index (χ3n) is 3.65. The highest BCUT2D eigenvalue weighted by atomic mass is 79.9. The molecule has 0 radical (unpaired) electrons. The lowest BCUT2D eigenvalue weighted by Gasteiger charge is -1.98. The van der Waals surface area contributed by atoms with Gasteiger partial charge in [-0.05, 0) is 35.9 Å². The Morgan fingerprint density at radius 3 is 2.79 bits per heavy atom. The van der Waals surface area contributed by atoms with Crippen LogP contribution in [-0.4, -0.2) is 20.9 Å². The van der Waals surface area contributed by atoms with Crippen molar-refractivity contribution in [2.24, 2.45) is 5.10 Å². The molecule has 5 nitrogen and oxygen atoms in total. The first kappa shape index (κ1) is 14.8. The van der Waals surface area contributed by atoms with Crippen LogP contribution in [0.4, 0.5) is 4.39 Å².